The lowest BCUT2D eigenvalue weighted by atomic mass is 10.3. The summed E-state index contributed by atoms with van der Waals surface area (Å²) in [6.45, 7) is 2.52. The molecule has 0 bridgehead atoms. The molecular formula is C8H8N4O3. The fraction of sp³-hybridized carbons (Fsp3) is 0.250. The molecule has 0 radical (unpaired) electrons. The van der Waals surface area contributed by atoms with E-state index in [1.807, 2.05) is 6.92 Å². The summed E-state index contributed by atoms with van der Waals surface area (Å²) in [6, 6.07) is 1.32. The van der Waals surface area contributed by atoms with Crippen molar-refractivity contribution >= 4 is 5.97 Å². The molecule has 2 aromatic heterocycles. The van der Waals surface area contributed by atoms with Gasteiger partial charge in [-0.15, -0.1) is 0 Å². The van der Waals surface area contributed by atoms with Crippen molar-refractivity contribution in [3.63, 3.8) is 0 Å². The standard InChI is InChI=1S/C8H8N4O3/c1-2-12-7(9-4-10-12)6-3-5(8(13)14)11-15-6/h3-4H,2H2,1H3,(H,13,14). The average Bonchev–Trinajstić information content (AvgIpc) is 2.85. The second-order valence-corrected chi connectivity index (χ2v) is 2.78. The lowest BCUT2D eigenvalue weighted by molar-refractivity contribution is 0.0686. The molecule has 15 heavy (non-hydrogen) atoms. The van der Waals surface area contributed by atoms with Crippen LogP contribution in [0.25, 0.3) is 11.6 Å². The molecule has 2 aromatic rings. The van der Waals surface area contributed by atoms with Crippen LogP contribution < -0.4 is 0 Å². The SMILES string of the molecule is CCn1ncnc1-c1cc(C(=O)O)no1. The number of nitrogens with zero attached hydrogens (tertiary/aromatic N) is 4. The van der Waals surface area contributed by atoms with Crippen LogP contribution in [0.4, 0.5) is 0 Å². The van der Waals surface area contributed by atoms with Crippen molar-refractivity contribution in [3.05, 3.63) is 18.1 Å². The lowest BCUT2D eigenvalue weighted by Gasteiger charge is -1.96. The normalized spacial score (nSPS) is 10.5. The average molecular weight is 208 g/mol. The van der Waals surface area contributed by atoms with E-state index in [2.05, 4.69) is 15.2 Å². The predicted octanol–water partition coefficient (Wildman–Crippen LogP) is 0.651. The van der Waals surface area contributed by atoms with Crippen LogP contribution in [0.1, 0.15) is 17.4 Å². The zero-order valence-electron chi connectivity index (χ0n) is 7.91. The molecule has 0 atom stereocenters. The Balaban J connectivity index is 2.41. The van der Waals surface area contributed by atoms with E-state index in [9.17, 15) is 4.79 Å². The molecular weight excluding hydrogens is 200 g/mol. The van der Waals surface area contributed by atoms with Crippen molar-refractivity contribution in [2.24, 2.45) is 0 Å². The van der Waals surface area contributed by atoms with Crippen LogP contribution in [0.3, 0.4) is 0 Å². The molecule has 78 valence electrons. The highest BCUT2D eigenvalue weighted by atomic mass is 16.5. The summed E-state index contributed by atoms with van der Waals surface area (Å²) in [7, 11) is 0. The maximum Gasteiger partial charge on any atom is 0.358 e. The maximum absolute atomic E-state index is 10.6. The van der Waals surface area contributed by atoms with Gasteiger partial charge in [0.05, 0.1) is 0 Å². The summed E-state index contributed by atoms with van der Waals surface area (Å²) >= 11 is 0. The van der Waals surface area contributed by atoms with Gasteiger partial charge in [-0.1, -0.05) is 5.16 Å². The number of carbonyl (C=O) groups is 1. The first kappa shape index (κ1) is 9.38. The molecule has 2 heterocycles. The zero-order chi connectivity index (χ0) is 10.8. The van der Waals surface area contributed by atoms with Gasteiger partial charge in [-0.3, -0.25) is 0 Å². The molecule has 0 aliphatic rings. The molecule has 0 saturated heterocycles. The number of aryl methyl sites for hydroxylation is 1. The number of aromatic nitrogens is 4. The minimum absolute atomic E-state index is 0.143. The molecule has 0 aliphatic carbocycles. The van der Waals surface area contributed by atoms with Crippen LogP contribution in [0.15, 0.2) is 16.9 Å². The summed E-state index contributed by atoms with van der Waals surface area (Å²) in [5, 5.41) is 16.0. The Morgan fingerprint density at radius 1 is 1.67 bits per heavy atom. The van der Waals surface area contributed by atoms with Crippen molar-refractivity contribution in [2.75, 3.05) is 0 Å². The molecule has 1 N–H and O–H groups in total. The second kappa shape index (κ2) is 3.52. The van der Waals surface area contributed by atoms with Crippen molar-refractivity contribution < 1.29 is 14.4 Å². The van der Waals surface area contributed by atoms with Crippen LogP contribution in [0.5, 0.6) is 0 Å². The summed E-state index contributed by atoms with van der Waals surface area (Å²) < 4.78 is 6.45. The van der Waals surface area contributed by atoms with E-state index >= 15 is 0 Å². The smallest absolute Gasteiger partial charge is 0.358 e. The minimum Gasteiger partial charge on any atom is -0.476 e. The Morgan fingerprint density at radius 3 is 3.07 bits per heavy atom. The zero-order valence-corrected chi connectivity index (χ0v) is 7.91. The molecule has 0 amide bonds. The van der Waals surface area contributed by atoms with Gasteiger partial charge in [0, 0.05) is 12.6 Å². The first-order chi connectivity index (χ1) is 7.22. The van der Waals surface area contributed by atoms with E-state index in [-0.39, 0.29) is 5.69 Å². The summed E-state index contributed by atoms with van der Waals surface area (Å²) in [6.07, 6.45) is 1.38. The van der Waals surface area contributed by atoms with Gasteiger partial charge in [-0.25, -0.2) is 14.5 Å². The Hall–Kier alpha value is -2.18. The van der Waals surface area contributed by atoms with E-state index < -0.39 is 5.97 Å². The topological polar surface area (TPSA) is 94.0 Å². The number of rotatable bonds is 3. The Labute approximate surface area is 84.3 Å². The van der Waals surface area contributed by atoms with Gasteiger partial charge in [0.1, 0.15) is 6.33 Å². The number of carboxylic acids is 1. The van der Waals surface area contributed by atoms with Gasteiger partial charge < -0.3 is 9.63 Å². The fourth-order valence-corrected chi connectivity index (χ4v) is 1.17. The van der Waals surface area contributed by atoms with E-state index in [4.69, 9.17) is 9.63 Å². The lowest BCUT2D eigenvalue weighted by Crippen LogP contribution is -1.98. The van der Waals surface area contributed by atoms with Crippen molar-refractivity contribution in [1.29, 1.82) is 0 Å². The highest BCUT2D eigenvalue weighted by molar-refractivity contribution is 5.86. The fourth-order valence-electron chi connectivity index (χ4n) is 1.17. The molecule has 7 heteroatoms. The van der Waals surface area contributed by atoms with E-state index in [0.717, 1.165) is 0 Å². The minimum atomic E-state index is -1.13. The number of hydrogen-bond donors (Lipinski definition) is 1. The molecule has 2 rings (SSSR count). The summed E-state index contributed by atoms with van der Waals surface area (Å²) in [5.74, 6) is -0.364. The van der Waals surface area contributed by atoms with Gasteiger partial charge in [-0.2, -0.15) is 5.10 Å². The molecule has 0 fully saturated rings. The molecule has 7 nitrogen and oxygen atoms in total. The van der Waals surface area contributed by atoms with Crippen molar-refractivity contribution in [2.45, 2.75) is 13.5 Å². The number of aromatic carboxylic acids is 1. The van der Waals surface area contributed by atoms with Gasteiger partial charge in [0.15, 0.2) is 11.5 Å². The first-order valence-corrected chi connectivity index (χ1v) is 4.30. The monoisotopic (exact) mass is 208 g/mol. The van der Waals surface area contributed by atoms with E-state index in [1.165, 1.54) is 12.4 Å². The van der Waals surface area contributed by atoms with Crippen LogP contribution in [-0.4, -0.2) is 31.0 Å². The quantitative estimate of drug-likeness (QED) is 0.795. The Kier molecular flexibility index (Phi) is 2.20. The van der Waals surface area contributed by atoms with Gasteiger partial charge in [0.2, 0.25) is 5.76 Å². The number of carboxylic acid groups (broad SMARTS) is 1. The Morgan fingerprint density at radius 2 is 2.47 bits per heavy atom. The molecule has 0 aromatic carbocycles. The number of hydrogen-bond acceptors (Lipinski definition) is 5. The van der Waals surface area contributed by atoms with Crippen LogP contribution in [0, 0.1) is 0 Å². The van der Waals surface area contributed by atoms with Crippen molar-refractivity contribution in [3.8, 4) is 11.6 Å². The third-order valence-corrected chi connectivity index (χ3v) is 1.86. The summed E-state index contributed by atoms with van der Waals surface area (Å²) in [5.41, 5.74) is -0.143. The highest BCUT2D eigenvalue weighted by Crippen LogP contribution is 2.17. The predicted molar refractivity (Wildman–Crippen MR) is 48.2 cm³/mol. The Bertz CT molecular complexity index is 488. The molecule has 0 spiro atoms. The van der Waals surface area contributed by atoms with Gasteiger partial charge >= 0.3 is 5.97 Å². The van der Waals surface area contributed by atoms with Crippen LogP contribution >= 0.6 is 0 Å². The van der Waals surface area contributed by atoms with Gasteiger partial charge in [-0.05, 0) is 6.92 Å². The van der Waals surface area contributed by atoms with E-state index in [1.54, 1.807) is 4.68 Å². The maximum atomic E-state index is 10.6. The second-order valence-electron chi connectivity index (χ2n) is 2.78. The largest absolute Gasteiger partial charge is 0.476 e. The van der Waals surface area contributed by atoms with E-state index in [0.29, 0.717) is 18.1 Å². The molecule has 0 saturated carbocycles. The third kappa shape index (κ3) is 1.58. The molecule has 0 aliphatic heterocycles. The van der Waals surface area contributed by atoms with Gasteiger partial charge in [0.25, 0.3) is 0 Å². The molecule has 0 unspecified atom stereocenters. The summed E-state index contributed by atoms with van der Waals surface area (Å²) in [4.78, 5) is 14.5. The van der Waals surface area contributed by atoms with Crippen molar-refractivity contribution in [1.82, 2.24) is 19.9 Å². The third-order valence-electron chi connectivity index (χ3n) is 1.86. The van der Waals surface area contributed by atoms with Crippen LogP contribution in [0.2, 0.25) is 0 Å². The van der Waals surface area contributed by atoms with Crippen LogP contribution in [-0.2, 0) is 6.54 Å². The first-order valence-electron chi connectivity index (χ1n) is 4.30. The highest BCUT2D eigenvalue weighted by Gasteiger charge is 2.15.